The summed E-state index contributed by atoms with van der Waals surface area (Å²) in [5.74, 6) is 1.48. The summed E-state index contributed by atoms with van der Waals surface area (Å²) in [6.45, 7) is 4.48. The molecule has 100 valence electrons. The van der Waals surface area contributed by atoms with Crippen molar-refractivity contribution in [1.29, 1.82) is 0 Å². The van der Waals surface area contributed by atoms with Gasteiger partial charge in [-0.25, -0.2) is 0 Å². The minimum absolute atomic E-state index is 0.202. The highest BCUT2D eigenvalue weighted by Crippen LogP contribution is 2.40. The summed E-state index contributed by atoms with van der Waals surface area (Å²) in [6.07, 6.45) is 6.67. The zero-order valence-electron chi connectivity index (χ0n) is 11.5. The average molecular weight is 310 g/mol. The lowest BCUT2D eigenvalue weighted by Crippen LogP contribution is -2.30. The molecule has 0 amide bonds. The quantitative estimate of drug-likeness (QED) is 0.837. The standard InChI is InChI=1S/C16H24BrN/c1-3-12-7-4-5-8-14(12)16(18)13-9-6-10-15(17)11(13)2/h6,9-10,12,14,16H,3-5,7-8,18H2,1-2H3. The molecule has 3 atom stereocenters. The highest BCUT2D eigenvalue weighted by molar-refractivity contribution is 9.10. The van der Waals surface area contributed by atoms with Gasteiger partial charge in [-0.1, -0.05) is 60.7 Å². The molecule has 1 aromatic carbocycles. The first kappa shape index (κ1) is 14.1. The van der Waals surface area contributed by atoms with Gasteiger partial charge in [0.1, 0.15) is 0 Å². The fraction of sp³-hybridized carbons (Fsp3) is 0.625. The number of hydrogen-bond donors (Lipinski definition) is 1. The van der Waals surface area contributed by atoms with Crippen LogP contribution in [0.4, 0.5) is 0 Å². The lowest BCUT2D eigenvalue weighted by atomic mass is 9.72. The van der Waals surface area contributed by atoms with E-state index in [0.717, 1.165) is 5.92 Å². The van der Waals surface area contributed by atoms with Crippen LogP contribution in [0.15, 0.2) is 22.7 Å². The predicted octanol–water partition coefficient (Wildman–Crippen LogP) is 4.97. The first-order chi connectivity index (χ1) is 8.65. The summed E-state index contributed by atoms with van der Waals surface area (Å²) in [6, 6.07) is 6.61. The van der Waals surface area contributed by atoms with E-state index in [9.17, 15) is 0 Å². The van der Waals surface area contributed by atoms with Crippen molar-refractivity contribution in [3.8, 4) is 0 Å². The van der Waals surface area contributed by atoms with E-state index in [1.54, 1.807) is 0 Å². The maximum absolute atomic E-state index is 6.58. The zero-order valence-corrected chi connectivity index (χ0v) is 13.0. The molecule has 1 fully saturated rings. The Morgan fingerprint density at radius 2 is 2.06 bits per heavy atom. The second-order valence-corrected chi connectivity index (χ2v) is 6.45. The fourth-order valence-electron chi connectivity index (χ4n) is 3.43. The second kappa shape index (κ2) is 6.21. The van der Waals surface area contributed by atoms with Gasteiger partial charge in [0.25, 0.3) is 0 Å². The van der Waals surface area contributed by atoms with Crippen LogP contribution in [0.25, 0.3) is 0 Å². The number of halogens is 1. The first-order valence-corrected chi connectivity index (χ1v) is 7.95. The Balaban J connectivity index is 2.23. The molecule has 2 heteroatoms. The molecule has 3 unspecified atom stereocenters. The molecule has 1 saturated carbocycles. The van der Waals surface area contributed by atoms with E-state index in [1.807, 2.05) is 0 Å². The normalized spacial score (nSPS) is 26.0. The van der Waals surface area contributed by atoms with Crippen LogP contribution in [-0.2, 0) is 0 Å². The summed E-state index contributed by atoms with van der Waals surface area (Å²) in [5, 5.41) is 0. The topological polar surface area (TPSA) is 26.0 Å². The Morgan fingerprint density at radius 3 is 2.78 bits per heavy atom. The van der Waals surface area contributed by atoms with Gasteiger partial charge < -0.3 is 5.73 Å². The monoisotopic (exact) mass is 309 g/mol. The third-order valence-electron chi connectivity index (χ3n) is 4.62. The molecule has 18 heavy (non-hydrogen) atoms. The Morgan fingerprint density at radius 1 is 1.33 bits per heavy atom. The van der Waals surface area contributed by atoms with Gasteiger partial charge >= 0.3 is 0 Å². The van der Waals surface area contributed by atoms with E-state index in [-0.39, 0.29) is 6.04 Å². The van der Waals surface area contributed by atoms with Gasteiger partial charge in [0.2, 0.25) is 0 Å². The first-order valence-electron chi connectivity index (χ1n) is 7.15. The van der Waals surface area contributed by atoms with Gasteiger partial charge in [-0.15, -0.1) is 0 Å². The van der Waals surface area contributed by atoms with Crippen LogP contribution in [0.1, 0.15) is 56.2 Å². The minimum Gasteiger partial charge on any atom is -0.324 e. The van der Waals surface area contributed by atoms with Crippen LogP contribution in [0, 0.1) is 18.8 Å². The van der Waals surface area contributed by atoms with E-state index in [4.69, 9.17) is 5.73 Å². The Kier molecular flexibility index (Phi) is 4.85. The van der Waals surface area contributed by atoms with Crippen molar-refractivity contribution in [2.75, 3.05) is 0 Å². The van der Waals surface area contributed by atoms with E-state index in [0.29, 0.717) is 5.92 Å². The molecule has 0 spiro atoms. The van der Waals surface area contributed by atoms with Crippen LogP contribution in [-0.4, -0.2) is 0 Å². The van der Waals surface area contributed by atoms with Crippen molar-refractivity contribution in [1.82, 2.24) is 0 Å². The van der Waals surface area contributed by atoms with Crippen molar-refractivity contribution in [2.24, 2.45) is 17.6 Å². The van der Waals surface area contributed by atoms with Crippen molar-refractivity contribution in [2.45, 2.75) is 52.0 Å². The van der Waals surface area contributed by atoms with Gasteiger partial charge in [-0.3, -0.25) is 0 Å². The average Bonchev–Trinajstić information content (AvgIpc) is 2.41. The van der Waals surface area contributed by atoms with E-state index >= 15 is 0 Å². The maximum atomic E-state index is 6.58. The van der Waals surface area contributed by atoms with Gasteiger partial charge in [0.05, 0.1) is 0 Å². The molecule has 0 bridgehead atoms. The van der Waals surface area contributed by atoms with Crippen LogP contribution in [0.5, 0.6) is 0 Å². The van der Waals surface area contributed by atoms with Crippen molar-refractivity contribution < 1.29 is 0 Å². The summed E-state index contributed by atoms with van der Waals surface area (Å²) in [4.78, 5) is 0. The number of rotatable bonds is 3. The largest absolute Gasteiger partial charge is 0.324 e. The lowest BCUT2D eigenvalue weighted by Gasteiger charge is -2.36. The number of nitrogens with two attached hydrogens (primary N) is 1. The zero-order chi connectivity index (χ0) is 13.1. The molecule has 0 radical (unpaired) electrons. The summed E-state index contributed by atoms with van der Waals surface area (Å²) >= 11 is 3.61. The third kappa shape index (κ3) is 2.80. The Bertz CT molecular complexity index is 402. The summed E-state index contributed by atoms with van der Waals surface area (Å²) in [5.41, 5.74) is 9.22. The Labute approximate surface area is 119 Å². The highest BCUT2D eigenvalue weighted by atomic mass is 79.9. The molecule has 0 saturated heterocycles. The predicted molar refractivity (Wildman–Crippen MR) is 81.5 cm³/mol. The number of hydrogen-bond acceptors (Lipinski definition) is 1. The van der Waals surface area contributed by atoms with Crippen molar-refractivity contribution in [3.63, 3.8) is 0 Å². The van der Waals surface area contributed by atoms with Crippen molar-refractivity contribution >= 4 is 15.9 Å². The van der Waals surface area contributed by atoms with Crippen LogP contribution in [0.3, 0.4) is 0 Å². The van der Waals surface area contributed by atoms with E-state index in [1.165, 1.54) is 47.7 Å². The smallest absolute Gasteiger partial charge is 0.0329 e. The summed E-state index contributed by atoms with van der Waals surface area (Å²) < 4.78 is 1.18. The molecule has 0 heterocycles. The molecule has 1 aliphatic carbocycles. The summed E-state index contributed by atoms with van der Waals surface area (Å²) in [7, 11) is 0. The van der Waals surface area contributed by atoms with Crippen LogP contribution in [0.2, 0.25) is 0 Å². The molecule has 2 rings (SSSR count). The van der Waals surface area contributed by atoms with Crippen LogP contribution < -0.4 is 5.73 Å². The minimum atomic E-state index is 0.202. The molecular formula is C16H24BrN. The van der Waals surface area contributed by atoms with Gasteiger partial charge in [0, 0.05) is 10.5 Å². The van der Waals surface area contributed by atoms with E-state index < -0.39 is 0 Å². The second-order valence-electron chi connectivity index (χ2n) is 5.60. The molecular weight excluding hydrogens is 286 g/mol. The molecule has 0 aromatic heterocycles. The van der Waals surface area contributed by atoms with Gasteiger partial charge in [-0.05, 0) is 42.4 Å². The molecule has 0 aliphatic heterocycles. The van der Waals surface area contributed by atoms with Crippen LogP contribution >= 0.6 is 15.9 Å². The fourth-order valence-corrected chi connectivity index (χ4v) is 3.81. The highest BCUT2D eigenvalue weighted by Gasteiger charge is 2.30. The van der Waals surface area contributed by atoms with Gasteiger partial charge in [0.15, 0.2) is 0 Å². The molecule has 1 aromatic rings. The lowest BCUT2D eigenvalue weighted by molar-refractivity contribution is 0.196. The van der Waals surface area contributed by atoms with Crippen molar-refractivity contribution in [3.05, 3.63) is 33.8 Å². The van der Waals surface area contributed by atoms with E-state index in [2.05, 4.69) is 48.0 Å². The maximum Gasteiger partial charge on any atom is 0.0329 e. The third-order valence-corrected chi connectivity index (χ3v) is 5.48. The Hall–Kier alpha value is -0.340. The molecule has 1 nitrogen and oxygen atoms in total. The SMILES string of the molecule is CCC1CCCCC1C(N)c1cccc(Br)c1C. The molecule has 1 aliphatic rings. The van der Waals surface area contributed by atoms with Gasteiger partial charge in [-0.2, -0.15) is 0 Å². The molecule has 2 N–H and O–H groups in total. The number of benzene rings is 1.